The molecule has 19 heavy (non-hydrogen) atoms. The van der Waals surface area contributed by atoms with Crippen molar-refractivity contribution in [2.45, 2.75) is 27.2 Å². The maximum absolute atomic E-state index is 12.1. The zero-order valence-corrected chi connectivity index (χ0v) is 12.4. The molecule has 108 valence electrons. The van der Waals surface area contributed by atoms with Crippen molar-refractivity contribution >= 4 is 23.5 Å². The zero-order chi connectivity index (χ0) is 14.7. The van der Waals surface area contributed by atoms with Crippen molar-refractivity contribution in [1.82, 2.24) is 0 Å². The quantitative estimate of drug-likeness (QED) is 0.298. The maximum atomic E-state index is 12.1. The van der Waals surface area contributed by atoms with Crippen molar-refractivity contribution < 1.29 is 19.1 Å². The molecule has 0 atom stereocenters. The molecule has 0 aromatic heterocycles. The average molecular weight is 289 g/mol. The summed E-state index contributed by atoms with van der Waals surface area (Å²) in [6.45, 7) is 5.53. The first kappa shape index (κ1) is 17.7. The minimum Gasteiger partial charge on any atom is -0.465 e. The third-order valence-corrected chi connectivity index (χ3v) is 2.60. The van der Waals surface area contributed by atoms with Gasteiger partial charge in [-0.2, -0.15) is 0 Å². The molecule has 0 spiro atoms. The number of hydrogen-bond donors (Lipinski definition) is 0. The molecule has 0 radical (unpaired) electrons. The Kier molecular flexibility index (Phi) is 8.96. The minimum atomic E-state index is -1.43. The van der Waals surface area contributed by atoms with Gasteiger partial charge in [0.05, 0.1) is 13.2 Å². The summed E-state index contributed by atoms with van der Waals surface area (Å²) in [5.41, 5.74) is -1.43. The molecule has 0 aliphatic carbocycles. The monoisotopic (exact) mass is 288 g/mol. The number of hydrogen-bond acceptors (Lipinski definition) is 4. The van der Waals surface area contributed by atoms with Gasteiger partial charge >= 0.3 is 11.9 Å². The Balaban J connectivity index is 5.38. The normalized spacial score (nSPS) is 12.0. The Morgan fingerprint density at radius 3 is 2.00 bits per heavy atom. The van der Waals surface area contributed by atoms with E-state index in [1.807, 2.05) is 0 Å². The van der Waals surface area contributed by atoms with Gasteiger partial charge in [0, 0.05) is 5.88 Å². The largest absolute Gasteiger partial charge is 0.465 e. The summed E-state index contributed by atoms with van der Waals surface area (Å²) in [6, 6.07) is 0. The highest BCUT2D eigenvalue weighted by Gasteiger charge is 2.45. The second kappa shape index (κ2) is 9.62. The fraction of sp³-hybridized carbons (Fsp3) is 0.571. The zero-order valence-electron chi connectivity index (χ0n) is 11.6. The predicted octanol–water partition coefficient (Wildman–Crippen LogP) is 2.86. The van der Waals surface area contributed by atoms with Crippen LogP contribution in [0.5, 0.6) is 0 Å². The second-order valence-electron chi connectivity index (χ2n) is 3.74. The van der Waals surface area contributed by atoms with Crippen LogP contribution in [0.25, 0.3) is 0 Å². The molecule has 0 fully saturated rings. The van der Waals surface area contributed by atoms with Crippen molar-refractivity contribution in [2.24, 2.45) is 5.41 Å². The Morgan fingerprint density at radius 2 is 1.63 bits per heavy atom. The molecule has 5 heteroatoms. The number of halogens is 1. The molecule has 0 bridgehead atoms. The molecule has 0 aliphatic heterocycles. The van der Waals surface area contributed by atoms with E-state index in [-0.39, 0.29) is 19.6 Å². The molecule has 0 saturated heterocycles. The fourth-order valence-corrected chi connectivity index (χ4v) is 1.72. The van der Waals surface area contributed by atoms with Gasteiger partial charge in [-0.25, -0.2) is 0 Å². The van der Waals surface area contributed by atoms with Gasteiger partial charge in [-0.05, 0) is 27.2 Å². The molecule has 0 aromatic carbocycles. The third-order valence-electron chi connectivity index (χ3n) is 2.43. The lowest BCUT2D eigenvalue weighted by Gasteiger charge is -2.24. The van der Waals surface area contributed by atoms with Crippen LogP contribution in [-0.4, -0.2) is 31.0 Å². The molecule has 4 nitrogen and oxygen atoms in total. The molecule has 0 rings (SSSR count). The fourth-order valence-electron chi connectivity index (χ4n) is 1.59. The first-order valence-corrected chi connectivity index (χ1v) is 6.81. The van der Waals surface area contributed by atoms with Crippen molar-refractivity contribution in [3.05, 3.63) is 24.3 Å². The summed E-state index contributed by atoms with van der Waals surface area (Å²) in [5.74, 6) is -0.894. The van der Waals surface area contributed by atoms with Crippen LogP contribution in [0.3, 0.4) is 0 Å². The number of allylic oxidation sites excluding steroid dienone is 3. The highest BCUT2D eigenvalue weighted by molar-refractivity contribution is 6.18. The van der Waals surface area contributed by atoms with Gasteiger partial charge < -0.3 is 9.47 Å². The number of carbonyl (C=O) groups is 2. The summed E-state index contributed by atoms with van der Waals surface area (Å²) in [7, 11) is 0. The lowest BCUT2D eigenvalue weighted by molar-refractivity contribution is -0.167. The van der Waals surface area contributed by atoms with Crippen molar-refractivity contribution in [3.63, 3.8) is 0 Å². The van der Waals surface area contributed by atoms with Crippen LogP contribution in [0.15, 0.2) is 24.3 Å². The van der Waals surface area contributed by atoms with Crippen LogP contribution >= 0.6 is 11.6 Å². The SMILES string of the molecule is CC=CC(CC=CCCl)(C(=O)OCC)C(=O)OCC. The Morgan fingerprint density at radius 1 is 1.11 bits per heavy atom. The first-order chi connectivity index (χ1) is 9.08. The van der Waals surface area contributed by atoms with E-state index in [9.17, 15) is 9.59 Å². The van der Waals surface area contributed by atoms with E-state index in [4.69, 9.17) is 21.1 Å². The van der Waals surface area contributed by atoms with Gasteiger partial charge in [0.15, 0.2) is 5.41 Å². The van der Waals surface area contributed by atoms with E-state index in [0.717, 1.165) is 0 Å². The van der Waals surface area contributed by atoms with Crippen LogP contribution < -0.4 is 0 Å². The summed E-state index contributed by atoms with van der Waals surface area (Å²) >= 11 is 5.55. The van der Waals surface area contributed by atoms with Crippen molar-refractivity contribution in [1.29, 1.82) is 0 Å². The number of ether oxygens (including phenoxy) is 2. The van der Waals surface area contributed by atoms with Crippen molar-refractivity contribution in [3.8, 4) is 0 Å². The summed E-state index contributed by atoms with van der Waals surface area (Å²) in [4.78, 5) is 24.2. The van der Waals surface area contributed by atoms with Crippen LogP contribution in [0, 0.1) is 5.41 Å². The summed E-state index contributed by atoms with van der Waals surface area (Å²) < 4.78 is 10.0. The minimum absolute atomic E-state index is 0.168. The molecular formula is C14H21ClO4. The molecule has 0 aliphatic rings. The van der Waals surface area contributed by atoms with Gasteiger partial charge in [0.1, 0.15) is 0 Å². The van der Waals surface area contributed by atoms with Gasteiger partial charge in [-0.1, -0.05) is 24.3 Å². The molecule has 0 amide bonds. The number of rotatable bonds is 8. The molecule has 0 aromatic rings. The van der Waals surface area contributed by atoms with Gasteiger partial charge in [-0.15, -0.1) is 11.6 Å². The van der Waals surface area contributed by atoms with Gasteiger partial charge in [-0.3, -0.25) is 9.59 Å². The Hall–Kier alpha value is -1.29. The van der Waals surface area contributed by atoms with E-state index in [1.165, 1.54) is 6.08 Å². The summed E-state index contributed by atoms with van der Waals surface area (Å²) in [6.07, 6.45) is 6.69. The average Bonchev–Trinajstić information content (AvgIpc) is 2.38. The number of esters is 2. The maximum Gasteiger partial charge on any atom is 0.327 e. The lowest BCUT2D eigenvalue weighted by Crippen LogP contribution is -2.40. The number of carbonyl (C=O) groups excluding carboxylic acids is 2. The second-order valence-corrected chi connectivity index (χ2v) is 4.05. The van der Waals surface area contributed by atoms with E-state index < -0.39 is 17.4 Å². The van der Waals surface area contributed by atoms with E-state index >= 15 is 0 Å². The topological polar surface area (TPSA) is 52.6 Å². The van der Waals surface area contributed by atoms with Crippen LogP contribution in [0.1, 0.15) is 27.2 Å². The molecule has 0 unspecified atom stereocenters. The number of alkyl halides is 1. The predicted molar refractivity (Wildman–Crippen MR) is 75.0 cm³/mol. The smallest absolute Gasteiger partial charge is 0.327 e. The van der Waals surface area contributed by atoms with E-state index in [0.29, 0.717) is 5.88 Å². The van der Waals surface area contributed by atoms with Crippen LogP contribution in [0.2, 0.25) is 0 Å². The highest BCUT2D eigenvalue weighted by atomic mass is 35.5. The Bertz CT molecular complexity index is 329. The first-order valence-electron chi connectivity index (χ1n) is 6.28. The third kappa shape index (κ3) is 5.07. The summed E-state index contributed by atoms with van der Waals surface area (Å²) in [5, 5.41) is 0. The molecule has 0 saturated carbocycles. The van der Waals surface area contributed by atoms with Crippen LogP contribution in [0.4, 0.5) is 0 Å². The Labute approximate surface area is 119 Å². The van der Waals surface area contributed by atoms with Gasteiger partial charge in [0.2, 0.25) is 0 Å². The standard InChI is InChI=1S/C14H21ClO4/c1-4-9-14(10-7-8-11-15,12(16)18-5-2)13(17)19-6-3/h4,7-9H,5-6,10-11H2,1-3H3. The van der Waals surface area contributed by atoms with E-state index in [2.05, 4.69) is 0 Å². The lowest BCUT2D eigenvalue weighted by atomic mass is 9.83. The highest BCUT2D eigenvalue weighted by Crippen LogP contribution is 2.29. The van der Waals surface area contributed by atoms with Gasteiger partial charge in [0.25, 0.3) is 0 Å². The molecular weight excluding hydrogens is 268 g/mol. The molecule has 0 heterocycles. The molecule has 0 N–H and O–H groups in total. The van der Waals surface area contributed by atoms with E-state index in [1.54, 1.807) is 39.0 Å². The van der Waals surface area contributed by atoms with Crippen molar-refractivity contribution in [2.75, 3.05) is 19.1 Å². The van der Waals surface area contributed by atoms with Crippen LogP contribution in [-0.2, 0) is 19.1 Å².